The summed E-state index contributed by atoms with van der Waals surface area (Å²) in [6.07, 6.45) is 1.35. The fourth-order valence-corrected chi connectivity index (χ4v) is 2.49. The summed E-state index contributed by atoms with van der Waals surface area (Å²) in [5.74, 6) is -0.204. The van der Waals surface area contributed by atoms with Gasteiger partial charge in [0.05, 0.1) is 17.2 Å². The lowest BCUT2D eigenvalue weighted by Gasteiger charge is -2.39. The van der Waals surface area contributed by atoms with E-state index in [0.29, 0.717) is 18.8 Å². The second kappa shape index (κ2) is 5.59. The van der Waals surface area contributed by atoms with E-state index in [1.165, 1.54) is 16.8 Å². The number of aromatic nitrogens is 1. The van der Waals surface area contributed by atoms with E-state index in [1.807, 2.05) is 7.05 Å². The number of carbonyl (C=O) groups is 1. The van der Waals surface area contributed by atoms with E-state index in [-0.39, 0.29) is 17.6 Å². The normalized spacial score (nSPS) is 20.1. The molecule has 2 heterocycles. The van der Waals surface area contributed by atoms with Crippen molar-refractivity contribution in [3.8, 4) is 0 Å². The van der Waals surface area contributed by atoms with Crippen molar-refractivity contribution in [3.63, 3.8) is 0 Å². The van der Waals surface area contributed by atoms with Crippen molar-refractivity contribution in [2.75, 3.05) is 33.2 Å². The van der Waals surface area contributed by atoms with Crippen LogP contribution >= 0.6 is 0 Å². The predicted molar refractivity (Wildman–Crippen MR) is 73.4 cm³/mol. The molecular weight excluding hydrogens is 262 g/mol. The summed E-state index contributed by atoms with van der Waals surface area (Å²) in [7, 11) is 3.62. The molecule has 0 radical (unpaired) electrons. The van der Waals surface area contributed by atoms with Gasteiger partial charge in [-0.3, -0.25) is 14.9 Å². The van der Waals surface area contributed by atoms with E-state index in [0.717, 1.165) is 13.1 Å². The molecule has 1 aliphatic rings. The first-order valence-electron chi connectivity index (χ1n) is 6.44. The van der Waals surface area contributed by atoms with Gasteiger partial charge in [0.15, 0.2) is 0 Å². The van der Waals surface area contributed by atoms with Gasteiger partial charge in [0.2, 0.25) is 0 Å². The molecule has 1 aromatic rings. The quantitative estimate of drug-likeness (QED) is 0.603. The molecule has 110 valence electrons. The molecule has 1 amide bonds. The molecule has 0 bridgehead atoms. The Kier molecular flexibility index (Phi) is 4.05. The van der Waals surface area contributed by atoms with E-state index >= 15 is 0 Å². The second-order valence-corrected chi connectivity index (χ2v) is 5.10. The second-order valence-electron chi connectivity index (χ2n) is 5.10. The fraction of sp³-hybridized carbons (Fsp3) is 0.583. The smallest absolute Gasteiger partial charge is 0.287 e. The van der Waals surface area contributed by atoms with Gasteiger partial charge in [0.25, 0.3) is 11.6 Å². The average Bonchev–Trinajstić information content (AvgIpc) is 2.80. The molecule has 1 aliphatic heterocycles. The van der Waals surface area contributed by atoms with Crippen molar-refractivity contribution in [3.05, 3.63) is 28.1 Å². The molecule has 2 rings (SSSR count). The molecule has 8 heteroatoms. The summed E-state index contributed by atoms with van der Waals surface area (Å²) < 4.78 is 1.49. The third-order valence-corrected chi connectivity index (χ3v) is 3.64. The number of nitrogens with two attached hydrogens (primary N) is 1. The van der Waals surface area contributed by atoms with Crippen molar-refractivity contribution >= 4 is 11.6 Å². The van der Waals surface area contributed by atoms with Crippen LogP contribution in [0.15, 0.2) is 12.3 Å². The third kappa shape index (κ3) is 2.66. The van der Waals surface area contributed by atoms with E-state index < -0.39 is 4.92 Å². The van der Waals surface area contributed by atoms with E-state index in [1.54, 1.807) is 11.9 Å². The molecule has 1 aromatic heterocycles. The van der Waals surface area contributed by atoms with Gasteiger partial charge in [-0.05, 0) is 7.05 Å². The highest BCUT2D eigenvalue weighted by Crippen LogP contribution is 2.19. The molecule has 0 aliphatic carbocycles. The van der Waals surface area contributed by atoms with Crippen LogP contribution in [0, 0.1) is 10.1 Å². The summed E-state index contributed by atoms with van der Waals surface area (Å²) in [6, 6.07) is 1.25. The number of likely N-dealkylation sites (N-methyl/N-ethyl adjacent to an activating group) is 1. The van der Waals surface area contributed by atoms with Gasteiger partial charge in [0, 0.05) is 39.3 Å². The van der Waals surface area contributed by atoms with E-state index in [9.17, 15) is 14.9 Å². The molecule has 2 N–H and O–H groups in total. The number of hydrogen-bond acceptors (Lipinski definition) is 5. The van der Waals surface area contributed by atoms with Gasteiger partial charge < -0.3 is 20.1 Å². The van der Waals surface area contributed by atoms with Gasteiger partial charge in [0.1, 0.15) is 5.69 Å². The summed E-state index contributed by atoms with van der Waals surface area (Å²) in [6.45, 7) is 2.45. The van der Waals surface area contributed by atoms with Crippen molar-refractivity contribution in [1.82, 2.24) is 14.4 Å². The lowest BCUT2D eigenvalue weighted by molar-refractivity contribution is -0.384. The minimum Gasteiger partial charge on any atom is -0.340 e. The summed E-state index contributed by atoms with van der Waals surface area (Å²) in [4.78, 5) is 26.6. The zero-order valence-corrected chi connectivity index (χ0v) is 11.7. The molecule has 1 unspecified atom stereocenters. The fourth-order valence-electron chi connectivity index (χ4n) is 2.49. The van der Waals surface area contributed by atoms with Crippen LogP contribution in [0.25, 0.3) is 0 Å². The maximum absolute atomic E-state index is 12.5. The molecule has 0 spiro atoms. The summed E-state index contributed by atoms with van der Waals surface area (Å²) in [5, 5.41) is 10.8. The molecule has 1 fully saturated rings. The standard InChI is InChI=1S/C12H19N5O3/c1-14-3-4-16(10(6-13)7-14)12(18)11-5-9(17(19)20)8-15(11)2/h5,8,10H,3-4,6-7,13H2,1-2H3. The van der Waals surface area contributed by atoms with Crippen LogP contribution in [0.5, 0.6) is 0 Å². The van der Waals surface area contributed by atoms with Crippen molar-refractivity contribution in [1.29, 1.82) is 0 Å². The Morgan fingerprint density at radius 3 is 2.75 bits per heavy atom. The maximum atomic E-state index is 12.5. The van der Waals surface area contributed by atoms with Gasteiger partial charge in [-0.25, -0.2) is 0 Å². The van der Waals surface area contributed by atoms with E-state index in [4.69, 9.17) is 5.73 Å². The highest BCUT2D eigenvalue weighted by Gasteiger charge is 2.31. The van der Waals surface area contributed by atoms with Crippen molar-refractivity contribution in [2.24, 2.45) is 12.8 Å². The molecule has 0 aromatic carbocycles. The van der Waals surface area contributed by atoms with Crippen LogP contribution in [0.3, 0.4) is 0 Å². The van der Waals surface area contributed by atoms with Crippen LogP contribution < -0.4 is 5.73 Å². The van der Waals surface area contributed by atoms with E-state index in [2.05, 4.69) is 4.90 Å². The number of rotatable bonds is 3. The van der Waals surface area contributed by atoms with Gasteiger partial charge in [-0.2, -0.15) is 0 Å². The van der Waals surface area contributed by atoms with Crippen molar-refractivity contribution < 1.29 is 9.72 Å². The molecule has 8 nitrogen and oxygen atoms in total. The highest BCUT2D eigenvalue weighted by molar-refractivity contribution is 5.94. The van der Waals surface area contributed by atoms with Crippen LogP contribution in [-0.4, -0.2) is 64.5 Å². The van der Waals surface area contributed by atoms with Crippen molar-refractivity contribution in [2.45, 2.75) is 6.04 Å². The largest absolute Gasteiger partial charge is 0.340 e. The Morgan fingerprint density at radius 1 is 1.50 bits per heavy atom. The number of hydrogen-bond donors (Lipinski definition) is 1. The number of aryl methyl sites for hydroxylation is 1. The first-order valence-corrected chi connectivity index (χ1v) is 6.44. The monoisotopic (exact) mass is 281 g/mol. The Balaban J connectivity index is 2.24. The number of carbonyl (C=O) groups excluding carboxylic acids is 1. The number of nitrogens with zero attached hydrogens (tertiary/aromatic N) is 4. The Bertz CT molecular complexity index is 527. The third-order valence-electron chi connectivity index (χ3n) is 3.64. The zero-order valence-electron chi connectivity index (χ0n) is 11.7. The Labute approximate surface area is 116 Å². The topological polar surface area (TPSA) is 97.6 Å². The number of piperazine rings is 1. The minimum absolute atomic E-state index is 0.0600. The number of amides is 1. The molecule has 20 heavy (non-hydrogen) atoms. The zero-order chi connectivity index (χ0) is 14.9. The Hall–Kier alpha value is -1.93. The minimum atomic E-state index is -0.499. The van der Waals surface area contributed by atoms with Crippen LogP contribution in [0.1, 0.15) is 10.5 Å². The Morgan fingerprint density at radius 2 is 2.20 bits per heavy atom. The maximum Gasteiger partial charge on any atom is 0.287 e. The SMILES string of the molecule is CN1CCN(C(=O)c2cc([N+](=O)[O-])cn2C)C(CN)C1. The van der Waals surface area contributed by atoms with Gasteiger partial charge in [-0.1, -0.05) is 0 Å². The average molecular weight is 281 g/mol. The molecular formula is C12H19N5O3. The first-order chi connectivity index (χ1) is 9.43. The number of nitro groups is 1. The van der Waals surface area contributed by atoms with Crippen LogP contribution in [0.2, 0.25) is 0 Å². The summed E-state index contributed by atoms with van der Waals surface area (Å²) >= 11 is 0. The van der Waals surface area contributed by atoms with Crippen LogP contribution in [0.4, 0.5) is 5.69 Å². The lowest BCUT2D eigenvalue weighted by atomic mass is 10.1. The predicted octanol–water partition coefficient (Wildman–Crippen LogP) is -0.352. The highest BCUT2D eigenvalue weighted by atomic mass is 16.6. The lowest BCUT2D eigenvalue weighted by Crippen LogP contribution is -2.57. The summed E-state index contributed by atoms with van der Waals surface area (Å²) in [5.41, 5.74) is 5.97. The first kappa shape index (κ1) is 14.5. The molecule has 0 saturated carbocycles. The molecule has 1 atom stereocenters. The van der Waals surface area contributed by atoms with Gasteiger partial charge >= 0.3 is 0 Å². The molecule has 1 saturated heterocycles. The van der Waals surface area contributed by atoms with Gasteiger partial charge in [-0.15, -0.1) is 0 Å². The van der Waals surface area contributed by atoms with Crippen LogP contribution in [-0.2, 0) is 7.05 Å².